The molecule has 0 aliphatic carbocycles. The molecule has 0 spiro atoms. The van der Waals surface area contributed by atoms with Crippen LogP contribution in [0.25, 0.3) is 10.9 Å². The molecule has 4 rings (SSSR count). The summed E-state index contributed by atoms with van der Waals surface area (Å²) < 4.78 is 14.8. The Bertz CT molecular complexity index is 1250. The molecule has 0 N–H and O–H groups in total. The molecule has 0 radical (unpaired) electrons. The fourth-order valence-corrected chi connectivity index (χ4v) is 4.19. The van der Waals surface area contributed by atoms with Crippen LogP contribution < -0.4 is 10.5 Å². The molecule has 3 heterocycles. The third-order valence-corrected chi connectivity index (χ3v) is 5.82. The van der Waals surface area contributed by atoms with Gasteiger partial charge in [0.2, 0.25) is 0 Å². The summed E-state index contributed by atoms with van der Waals surface area (Å²) in [6.45, 7) is 4.90. The van der Waals surface area contributed by atoms with Gasteiger partial charge >= 0.3 is 0 Å². The number of piperidine rings is 1. The van der Waals surface area contributed by atoms with E-state index in [0.717, 1.165) is 10.9 Å². The quantitative estimate of drug-likeness (QED) is 0.596. The zero-order chi connectivity index (χ0) is 22.0. The van der Waals surface area contributed by atoms with E-state index in [1.165, 1.54) is 22.8 Å². The second kappa shape index (κ2) is 8.52. The molecule has 0 atom stereocenters. The standard InChI is InChI=1S/C24H21FN4O2/c1-2-22(30)17-8-11-28(12-9-17)23-19-7-10-27-14-21(19)29(24(31)20(23)13-26)15-16-3-5-18(25)6-4-16/h2-7,10,14,17H,1,8-9,11-12,15H2. The number of carbonyl (C=O) groups is 1. The molecule has 1 aromatic carbocycles. The van der Waals surface area contributed by atoms with Crippen molar-refractivity contribution in [1.82, 2.24) is 9.55 Å². The minimum atomic E-state index is -0.411. The lowest BCUT2D eigenvalue weighted by atomic mass is 9.91. The molecule has 0 amide bonds. The van der Waals surface area contributed by atoms with Crippen molar-refractivity contribution in [3.63, 3.8) is 0 Å². The van der Waals surface area contributed by atoms with Crippen LogP contribution in [0, 0.1) is 23.1 Å². The van der Waals surface area contributed by atoms with Crippen molar-refractivity contribution in [2.45, 2.75) is 19.4 Å². The van der Waals surface area contributed by atoms with Crippen molar-refractivity contribution in [3.8, 4) is 6.07 Å². The van der Waals surface area contributed by atoms with Gasteiger partial charge in [-0.25, -0.2) is 4.39 Å². The minimum Gasteiger partial charge on any atom is -0.370 e. The van der Waals surface area contributed by atoms with Crippen molar-refractivity contribution < 1.29 is 9.18 Å². The summed E-state index contributed by atoms with van der Waals surface area (Å²) in [7, 11) is 0. The number of nitriles is 1. The third kappa shape index (κ3) is 3.84. The Morgan fingerprint density at radius 3 is 2.61 bits per heavy atom. The van der Waals surface area contributed by atoms with E-state index in [4.69, 9.17) is 0 Å². The highest BCUT2D eigenvalue weighted by atomic mass is 19.1. The van der Waals surface area contributed by atoms with E-state index in [0.29, 0.717) is 37.1 Å². The Balaban J connectivity index is 1.80. The van der Waals surface area contributed by atoms with Crippen LogP contribution in [-0.4, -0.2) is 28.4 Å². The predicted octanol–water partition coefficient (Wildman–Crippen LogP) is 3.43. The summed E-state index contributed by atoms with van der Waals surface area (Å²) in [6, 6.07) is 9.81. The summed E-state index contributed by atoms with van der Waals surface area (Å²) in [6.07, 6.45) is 5.88. The van der Waals surface area contributed by atoms with Crippen molar-refractivity contribution in [1.29, 1.82) is 5.26 Å². The number of anilines is 1. The number of ketones is 1. The van der Waals surface area contributed by atoms with Crippen molar-refractivity contribution in [2.75, 3.05) is 18.0 Å². The zero-order valence-electron chi connectivity index (χ0n) is 16.9. The van der Waals surface area contributed by atoms with Crippen LogP contribution in [0.1, 0.15) is 24.0 Å². The Hall–Kier alpha value is -3.79. The van der Waals surface area contributed by atoms with Crippen LogP contribution in [-0.2, 0) is 11.3 Å². The Morgan fingerprint density at radius 2 is 1.97 bits per heavy atom. The molecule has 7 heteroatoms. The molecule has 31 heavy (non-hydrogen) atoms. The van der Waals surface area contributed by atoms with E-state index in [9.17, 15) is 19.2 Å². The monoisotopic (exact) mass is 416 g/mol. The van der Waals surface area contributed by atoms with Gasteiger partial charge in [-0.15, -0.1) is 0 Å². The van der Waals surface area contributed by atoms with Gasteiger partial charge in [0.15, 0.2) is 5.78 Å². The Morgan fingerprint density at radius 1 is 1.26 bits per heavy atom. The molecule has 3 aromatic rings. The fourth-order valence-electron chi connectivity index (χ4n) is 4.19. The normalized spacial score (nSPS) is 14.4. The van der Waals surface area contributed by atoms with Crippen LogP contribution in [0.3, 0.4) is 0 Å². The van der Waals surface area contributed by atoms with Gasteiger partial charge < -0.3 is 9.47 Å². The number of halogens is 1. The lowest BCUT2D eigenvalue weighted by molar-refractivity contribution is -0.118. The zero-order valence-corrected chi connectivity index (χ0v) is 16.9. The number of pyridine rings is 2. The predicted molar refractivity (Wildman–Crippen MR) is 116 cm³/mol. The maximum atomic E-state index is 13.3. The molecule has 156 valence electrons. The average molecular weight is 416 g/mol. The van der Waals surface area contributed by atoms with E-state index in [1.807, 2.05) is 4.90 Å². The maximum absolute atomic E-state index is 13.3. The summed E-state index contributed by atoms with van der Waals surface area (Å²) in [5.74, 6) is -0.399. The molecule has 1 aliphatic heterocycles. The molecule has 1 aliphatic rings. The number of hydrogen-bond acceptors (Lipinski definition) is 5. The van der Waals surface area contributed by atoms with E-state index < -0.39 is 5.56 Å². The molecule has 2 aromatic heterocycles. The highest BCUT2D eigenvalue weighted by molar-refractivity contribution is 5.95. The van der Waals surface area contributed by atoms with E-state index in [2.05, 4.69) is 17.6 Å². The topological polar surface area (TPSA) is 79.0 Å². The summed E-state index contributed by atoms with van der Waals surface area (Å²) in [4.78, 5) is 31.5. The summed E-state index contributed by atoms with van der Waals surface area (Å²) in [5, 5.41) is 10.6. The fraction of sp³-hybridized carbons (Fsp3) is 0.250. The number of allylic oxidation sites excluding steroid dienone is 1. The van der Waals surface area contributed by atoms with Crippen LogP contribution >= 0.6 is 0 Å². The first-order chi connectivity index (χ1) is 15.0. The van der Waals surface area contributed by atoms with Crippen molar-refractivity contribution in [2.24, 2.45) is 5.92 Å². The van der Waals surface area contributed by atoms with Crippen molar-refractivity contribution in [3.05, 3.63) is 82.7 Å². The summed E-state index contributed by atoms with van der Waals surface area (Å²) >= 11 is 0. The SMILES string of the molecule is C=CC(=O)C1CCN(c2c(C#N)c(=O)n(Cc3ccc(F)cc3)c3cnccc23)CC1. The molecule has 6 nitrogen and oxygen atoms in total. The Labute approximate surface area is 178 Å². The third-order valence-electron chi connectivity index (χ3n) is 5.82. The van der Waals surface area contributed by atoms with E-state index in [1.54, 1.807) is 30.6 Å². The van der Waals surface area contributed by atoms with Crippen LogP contribution in [0.15, 0.2) is 60.2 Å². The molecular formula is C24H21FN4O2. The Kier molecular flexibility index (Phi) is 5.63. The number of hydrogen-bond donors (Lipinski definition) is 0. The van der Waals surface area contributed by atoms with Gasteiger partial charge in [0, 0.05) is 30.6 Å². The second-order valence-corrected chi connectivity index (χ2v) is 7.61. The van der Waals surface area contributed by atoms with Gasteiger partial charge in [-0.3, -0.25) is 14.6 Å². The average Bonchev–Trinajstić information content (AvgIpc) is 2.81. The molecule has 0 unspecified atom stereocenters. The number of rotatable bonds is 5. The number of carbonyl (C=O) groups excluding carboxylic acids is 1. The number of fused-ring (bicyclic) bond motifs is 1. The van der Waals surface area contributed by atoms with Crippen LogP contribution in [0.4, 0.5) is 10.1 Å². The van der Waals surface area contributed by atoms with Crippen molar-refractivity contribution >= 4 is 22.4 Å². The van der Waals surface area contributed by atoms with Gasteiger partial charge in [-0.1, -0.05) is 18.7 Å². The first-order valence-electron chi connectivity index (χ1n) is 10.1. The molecule has 1 fully saturated rings. The maximum Gasteiger partial charge on any atom is 0.271 e. The van der Waals surface area contributed by atoms with Gasteiger partial charge in [0.25, 0.3) is 5.56 Å². The van der Waals surface area contributed by atoms with Gasteiger partial charge in [0.05, 0.1) is 23.9 Å². The molecule has 0 bridgehead atoms. The molecule has 1 saturated heterocycles. The van der Waals surface area contributed by atoms with E-state index in [-0.39, 0.29) is 29.6 Å². The summed E-state index contributed by atoms with van der Waals surface area (Å²) in [5.41, 5.74) is 1.59. The number of nitrogens with zero attached hydrogens (tertiary/aromatic N) is 4. The van der Waals surface area contributed by atoms with Gasteiger partial charge in [0.1, 0.15) is 17.4 Å². The lowest BCUT2D eigenvalue weighted by Gasteiger charge is -2.34. The molecular weight excluding hydrogens is 395 g/mol. The number of benzene rings is 1. The minimum absolute atomic E-state index is 0.0314. The van der Waals surface area contributed by atoms with Crippen LogP contribution in [0.5, 0.6) is 0 Å². The first-order valence-corrected chi connectivity index (χ1v) is 10.1. The molecule has 0 saturated carbocycles. The van der Waals surface area contributed by atoms with Gasteiger partial charge in [-0.05, 0) is 42.7 Å². The van der Waals surface area contributed by atoms with Crippen LogP contribution in [0.2, 0.25) is 0 Å². The highest BCUT2D eigenvalue weighted by Crippen LogP contribution is 2.32. The second-order valence-electron chi connectivity index (χ2n) is 7.61. The van der Waals surface area contributed by atoms with E-state index >= 15 is 0 Å². The lowest BCUT2D eigenvalue weighted by Crippen LogP contribution is -2.38. The highest BCUT2D eigenvalue weighted by Gasteiger charge is 2.27. The first kappa shape index (κ1) is 20.5. The van der Waals surface area contributed by atoms with Gasteiger partial charge in [-0.2, -0.15) is 5.26 Å². The number of aromatic nitrogens is 2. The largest absolute Gasteiger partial charge is 0.370 e. The smallest absolute Gasteiger partial charge is 0.271 e.